The zero-order valence-corrected chi connectivity index (χ0v) is 17.3. The molecule has 0 radical (unpaired) electrons. The lowest BCUT2D eigenvalue weighted by atomic mass is 10.2. The first-order chi connectivity index (χ1) is 12.9. The van der Waals surface area contributed by atoms with Crippen molar-refractivity contribution in [1.29, 1.82) is 0 Å². The van der Waals surface area contributed by atoms with Gasteiger partial charge in [0.25, 0.3) is 5.91 Å². The molecule has 0 aromatic carbocycles. The van der Waals surface area contributed by atoms with E-state index < -0.39 is 47.6 Å². The minimum atomic E-state index is -0.983. The van der Waals surface area contributed by atoms with Gasteiger partial charge in [-0.25, -0.2) is 14.8 Å². The highest BCUT2D eigenvalue weighted by Gasteiger charge is 2.44. The Morgan fingerprint density at radius 1 is 1.39 bits per heavy atom. The third kappa shape index (κ3) is 6.15. The fourth-order valence-corrected chi connectivity index (χ4v) is 2.92. The Morgan fingerprint density at radius 2 is 2.00 bits per heavy atom. The highest BCUT2D eigenvalue weighted by Crippen LogP contribution is 2.24. The topological polar surface area (TPSA) is 105 Å². The molecule has 9 nitrogen and oxygen atoms in total. The quantitative estimate of drug-likeness (QED) is 0.535. The smallest absolute Gasteiger partial charge is 0.408 e. The fraction of sp³-hybridized carbons (Fsp3) is 0.684. The van der Waals surface area contributed by atoms with E-state index in [1.165, 1.54) is 11.9 Å². The third-order valence-corrected chi connectivity index (χ3v) is 3.92. The monoisotopic (exact) mass is 395 g/mol. The molecule has 1 aliphatic rings. The van der Waals surface area contributed by atoms with Crippen LogP contribution in [0.25, 0.3) is 0 Å². The summed E-state index contributed by atoms with van der Waals surface area (Å²) in [7, 11) is 0. The minimum Gasteiger partial charge on any atom is -0.466 e. The minimum absolute atomic E-state index is 0.178. The van der Waals surface area contributed by atoms with Gasteiger partial charge in [0.15, 0.2) is 0 Å². The van der Waals surface area contributed by atoms with Crippen LogP contribution in [0.2, 0.25) is 0 Å². The standard InChI is InChI=1S/C19H29N3O6/c1-8-14(11-16(24)27-9-2)22(13(4)23)21-12(3)10-15(17(21)25)20-18(26)28-19(5,6)7/h1,12,14-15H,9-11H2,2-7H3,(H,20,26). The molecule has 1 rings (SSSR count). The van der Waals surface area contributed by atoms with E-state index in [0.717, 1.165) is 5.01 Å². The number of carbonyl (C=O) groups excluding carboxylic acids is 4. The molecule has 0 aromatic heterocycles. The molecule has 0 saturated carbocycles. The van der Waals surface area contributed by atoms with Gasteiger partial charge in [0.1, 0.15) is 17.7 Å². The SMILES string of the molecule is C#CC(CC(=O)OCC)N(C(C)=O)N1C(=O)C(NC(=O)OC(C)(C)C)CC1C. The average Bonchev–Trinajstić information content (AvgIpc) is 2.79. The summed E-state index contributed by atoms with van der Waals surface area (Å²) in [6.45, 7) is 9.95. The van der Waals surface area contributed by atoms with Crippen molar-refractivity contribution < 1.29 is 28.7 Å². The summed E-state index contributed by atoms with van der Waals surface area (Å²) < 4.78 is 10.1. The lowest BCUT2D eigenvalue weighted by Gasteiger charge is -2.37. The van der Waals surface area contributed by atoms with Crippen LogP contribution < -0.4 is 5.32 Å². The van der Waals surface area contributed by atoms with Crippen molar-refractivity contribution in [1.82, 2.24) is 15.3 Å². The number of hydrogen-bond donors (Lipinski definition) is 1. The number of nitrogens with one attached hydrogen (secondary N) is 1. The number of alkyl carbamates (subject to hydrolysis) is 1. The molecular formula is C19H29N3O6. The Balaban J connectivity index is 2.99. The van der Waals surface area contributed by atoms with Gasteiger partial charge in [0.05, 0.1) is 19.1 Å². The molecule has 0 aliphatic carbocycles. The van der Waals surface area contributed by atoms with Crippen molar-refractivity contribution >= 4 is 23.9 Å². The van der Waals surface area contributed by atoms with Gasteiger partial charge in [0.2, 0.25) is 5.91 Å². The Hall–Kier alpha value is -2.76. The van der Waals surface area contributed by atoms with Gasteiger partial charge in [-0.3, -0.25) is 14.4 Å². The van der Waals surface area contributed by atoms with Crippen molar-refractivity contribution in [3.63, 3.8) is 0 Å². The number of hydrazine groups is 1. The summed E-state index contributed by atoms with van der Waals surface area (Å²) in [6, 6.07) is -2.27. The summed E-state index contributed by atoms with van der Waals surface area (Å²) in [6.07, 6.45) is 4.81. The van der Waals surface area contributed by atoms with E-state index >= 15 is 0 Å². The van der Waals surface area contributed by atoms with Crippen LogP contribution in [0.15, 0.2) is 0 Å². The van der Waals surface area contributed by atoms with E-state index in [9.17, 15) is 19.2 Å². The molecule has 0 bridgehead atoms. The molecule has 3 unspecified atom stereocenters. The van der Waals surface area contributed by atoms with Gasteiger partial charge in [0, 0.05) is 6.92 Å². The Labute approximate surface area is 165 Å². The number of carbonyl (C=O) groups is 4. The highest BCUT2D eigenvalue weighted by atomic mass is 16.6. The summed E-state index contributed by atoms with van der Waals surface area (Å²) in [5, 5.41) is 4.81. The zero-order valence-electron chi connectivity index (χ0n) is 17.3. The van der Waals surface area contributed by atoms with Crippen molar-refractivity contribution in [2.24, 2.45) is 0 Å². The summed E-state index contributed by atoms with van der Waals surface area (Å²) in [4.78, 5) is 49.0. The van der Waals surface area contributed by atoms with E-state index in [0.29, 0.717) is 0 Å². The number of ether oxygens (including phenoxy) is 2. The van der Waals surface area contributed by atoms with Crippen LogP contribution in [-0.4, -0.2) is 64.2 Å². The first kappa shape index (κ1) is 23.3. The maximum atomic E-state index is 12.9. The van der Waals surface area contributed by atoms with Gasteiger partial charge >= 0.3 is 12.1 Å². The molecular weight excluding hydrogens is 366 g/mol. The zero-order chi connectivity index (χ0) is 21.6. The maximum absolute atomic E-state index is 12.9. The van der Waals surface area contributed by atoms with Crippen molar-refractivity contribution in [2.45, 2.75) is 78.1 Å². The molecule has 0 aromatic rings. The first-order valence-electron chi connectivity index (χ1n) is 9.15. The summed E-state index contributed by atoms with van der Waals surface area (Å²) in [5.41, 5.74) is -0.712. The van der Waals surface area contributed by atoms with Crippen molar-refractivity contribution in [3.05, 3.63) is 0 Å². The van der Waals surface area contributed by atoms with E-state index in [2.05, 4.69) is 11.2 Å². The van der Waals surface area contributed by atoms with Crippen LogP contribution >= 0.6 is 0 Å². The number of amides is 3. The molecule has 0 spiro atoms. The van der Waals surface area contributed by atoms with Crippen LogP contribution in [0.5, 0.6) is 0 Å². The van der Waals surface area contributed by atoms with E-state index in [4.69, 9.17) is 15.9 Å². The normalized spacial score (nSPS) is 20.2. The number of terminal acetylenes is 1. The molecule has 1 fully saturated rings. The molecule has 1 saturated heterocycles. The second-order valence-corrected chi connectivity index (χ2v) is 7.52. The van der Waals surface area contributed by atoms with Crippen LogP contribution in [0.3, 0.4) is 0 Å². The van der Waals surface area contributed by atoms with Gasteiger partial charge in [-0.15, -0.1) is 6.42 Å². The predicted molar refractivity (Wildman–Crippen MR) is 100 cm³/mol. The van der Waals surface area contributed by atoms with Gasteiger partial charge in [-0.05, 0) is 41.0 Å². The van der Waals surface area contributed by atoms with Crippen LogP contribution in [0.1, 0.15) is 54.4 Å². The number of esters is 1. The second kappa shape index (κ2) is 9.44. The van der Waals surface area contributed by atoms with E-state index in [1.54, 1.807) is 34.6 Å². The molecule has 1 N–H and O–H groups in total. The summed E-state index contributed by atoms with van der Waals surface area (Å²) >= 11 is 0. The predicted octanol–water partition coefficient (Wildman–Crippen LogP) is 1.22. The molecule has 9 heteroatoms. The number of hydrogen-bond acceptors (Lipinski definition) is 6. The fourth-order valence-electron chi connectivity index (χ4n) is 2.92. The average molecular weight is 395 g/mol. The highest BCUT2D eigenvalue weighted by molar-refractivity contribution is 5.90. The van der Waals surface area contributed by atoms with E-state index in [-0.39, 0.29) is 19.4 Å². The number of rotatable bonds is 6. The molecule has 156 valence electrons. The van der Waals surface area contributed by atoms with Crippen molar-refractivity contribution in [2.75, 3.05) is 6.61 Å². The van der Waals surface area contributed by atoms with Crippen molar-refractivity contribution in [3.8, 4) is 12.3 Å². The Bertz CT molecular complexity index is 664. The van der Waals surface area contributed by atoms with Crippen LogP contribution in [-0.2, 0) is 23.9 Å². The van der Waals surface area contributed by atoms with Gasteiger partial charge in [-0.2, -0.15) is 0 Å². The Morgan fingerprint density at radius 3 is 2.46 bits per heavy atom. The molecule has 1 aliphatic heterocycles. The van der Waals surface area contributed by atoms with Gasteiger partial charge < -0.3 is 14.8 Å². The number of nitrogens with zero attached hydrogens (tertiary/aromatic N) is 2. The largest absolute Gasteiger partial charge is 0.466 e. The second-order valence-electron chi connectivity index (χ2n) is 7.52. The van der Waals surface area contributed by atoms with Crippen LogP contribution in [0.4, 0.5) is 4.79 Å². The first-order valence-corrected chi connectivity index (χ1v) is 9.15. The maximum Gasteiger partial charge on any atom is 0.408 e. The third-order valence-electron chi connectivity index (χ3n) is 3.92. The molecule has 1 heterocycles. The van der Waals surface area contributed by atoms with E-state index in [1.807, 2.05) is 0 Å². The Kier molecular flexibility index (Phi) is 7.85. The summed E-state index contributed by atoms with van der Waals surface area (Å²) in [5.74, 6) is 0.809. The molecule has 3 amide bonds. The lowest BCUT2D eigenvalue weighted by molar-refractivity contribution is -0.168. The molecule has 3 atom stereocenters. The van der Waals surface area contributed by atoms with Crippen LogP contribution in [0, 0.1) is 12.3 Å². The molecule has 28 heavy (non-hydrogen) atoms. The van der Waals surface area contributed by atoms with Gasteiger partial charge in [-0.1, -0.05) is 5.92 Å². The lowest BCUT2D eigenvalue weighted by Crippen LogP contribution is -2.56.